The van der Waals surface area contributed by atoms with Crippen molar-refractivity contribution >= 4 is 33.1 Å². The van der Waals surface area contributed by atoms with E-state index in [0.29, 0.717) is 10.7 Å². The molecule has 5 nitrogen and oxygen atoms in total. The maximum atomic E-state index is 12.2. The van der Waals surface area contributed by atoms with Gasteiger partial charge in [-0.1, -0.05) is 31.0 Å². The largest absolute Gasteiger partial charge is 0.370 e. The van der Waals surface area contributed by atoms with Crippen LogP contribution in [0.2, 0.25) is 5.02 Å². The van der Waals surface area contributed by atoms with Gasteiger partial charge in [0.25, 0.3) is 10.0 Å². The fourth-order valence-corrected chi connectivity index (χ4v) is 3.14. The molecule has 2 N–H and O–H groups in total. The number of benzene rings is 1. The third kappa shape index (κ3) is 4.61. The Hall–Kier alpha value is -1.79. The second kappa shape index (κ2) is 7.47. The van der Waals surface area contributed by atoms with Crippen LogP contribution in [0.3, 0.4) is 0 Å². The van der Waals surface area contributed by atoms with Crippen LogP contribution in [-0.2, 0) is 10.0 Å². The summed E-state index contributed by atoms with van der Waals surface area (Å²) in [4.78, 5) is 4.30. The summed E-state index contributed by atoms with van der Waals surface area (Å²) in [5.41, 5.74) is 0.404. The van der Waals surface area contributed by atoms with Crippen molar-refractivity contribution in [2.24, 2.45) is 0 Å². The van der Waals surface area contributed by atoms with E-state index in [1.165, 1.54) is 18.3 Å². The normalized spacial score (nSPS) is 11.2. The van der Waals surface area contributed by atoms with Gasteiger partial charge in [0.1, 0.15) is 5.82 Å². The minimum absolute atomic E-state index is 0.116. The number of anilines is 2. The Bertz CT molecular complexity index is 718. The summed E-state index contributed by atoms with van der Waals surface area (Å²) in [5.74, 6) is 0.721. The van der Waals surface area contributed by atoms with E-state index in [2.05, 4.69) is 21.9 Å². The van der Waals surface area contributed by atoms with Gasteiger partial charge in [-0.3, -0.25) is 4.72 Å². The van der Waals surface area contributed by atoms with Gasteiger partial charge in [-0.05, 0) is 36.8 Å². The first-order chi connectivity index (χ1) is 10.5. The monoisotopic (exact) mass is 339 g/mol. The molecule has 0 saturated heterocycles. The minimum atomic E-state index is -3.66. The lowest BCUT2D eigenvalue weighted by Crippen LogP contribution is -2.13. The van der Waals surface area contributed by atoms with E-state index in [1.54, 1.807) is 24.3 Å². The molecule has 0 amide bonds. The van der Waals surface area contributed by atoms with Gasteiger partial charge < -0.3 is 5.32 Å². The Balaban J connectivity index is 2.06. The van der Waals surface area contributed by atoms with Crippen LogP contribution in [0.5, 0.6) is 0 Å². The van der Waals surface area contributed by atoms with Crippen LogP contribution in [0.25, 0.3) is 0 Å². The molecule has 22 heavy (non-hydrogen) atoms. The highest BCUT2D eigenvalue weighted by atomic mass is 35.5. The molecule has 0 aliphatic heterocycles. The van der Waals surface area contributed by atoms with E-state index < -0.39 is 10.0 Å². The molecule has 1 aromatic heterocycles. The Morgan fingerprint density at radius 2 is 2.05 bits per heavy atom. The van der Waals surface area contributed by atoms with E-state index in [1.807, 2.05) is 0 Å². The molecule has 118 valence electrons. The van der Waals surface area contributed by atoms with Crippen LogP contribution in [0.4, 0.5) is 11.5 Å². The molecule has 0 fully saturated rings. The molecule has 2 aromatic rings. The van der Waals surface area contributed by atoms with Crippen molar-refractivity contribution in [3.63, 3.8) is 0 Å². The molecule has 1 aromatic carbocycles. The summed E-state index contributed by atoms with van der Waals surface area (Å²) in [6.45, 7) is 2.96. The smallest absolute Gasteiger partial charge is 0.261 e. The number of nitrogens with zero attached hydrogens (tertiary/aromatic N) is 1. The quantitative estimate of drug-likeness (QED) is 0.754. The third-order valence-corrected chi connectivity index (χ3v) is 4.57. The Labute approximate surface area is 135 Å². The van der Waals surface area contributed by atoms with Crippen LogP contribution in [0, 0.1) is 0 Å². The predicted octanol–water partition coefficient (Wildman–Crippen LogP) is 3.75. The third-order valence-electron chi connectivity index (χ3n) is 2.96. The Morgan fingerprint density at radius 3 is 2.68 bits per heavy atom. The number of aromatic nitrogens is 1. The fourth-order valence-electron chi connectivity index (χ4n) is 1.80. The molecule has 2 rings (SSSR count). The van der Waals surface area contributed by atoms with Gasteiger partial charge >= 0.3 is 0 Å². The van der Waals surface area contributed by atoms with Crippen LogP contribution >= 0.6 is 11.6 Å². The number of hydrogen-bond acceptors (Lipinski definition) is 4. The van der Waals surface area contributed by atoms with Gasteiger partial charge in [-0.2, -0.15) is 0 Å². The first-order valence-corrected chi connectivity index (χ1v) is 8.85. The summed E-state index contributed by atoms with van der Waals surface area (Å²) in [7, 11) is -3.66. The highest BCUT2D eigenvalue weighted by molar-refractivity contribution is 7.92. The van der Waals surface area contributed by atoms with Gasteiger partial charge in [0.2, 0.25) is 0 Å². The topological polar surface area (TPSA) is 71.1 Å². The van der Waals surface area contributed by atoms with Crippen LogP contribution in [0.1, 0.15) is 19.8 Å². The maximum Gasteiger partial charge on any atom is 0.261 e. The summed E-state index contributed by atoms with van der Waals surface area (Å²) in [6, 6.07) is 9.52. The number of sulfonamides is 1. The van der Waals surface area contributed by atoms with E-state index in [0.717, 1.165) is 25.2 Å². The zero-order valence-electron chi connectivity index (χ0n) is 12.2. The van der Waals surface area contributed by atoms with E-state index in [9.17, 15) is 8.42 Å². The Morgan fingerprint density at radius 1 is 1.23 bits per heavy atom. The van der Waals surface area contributed by atoms with Gasteiger partial charge in [-0.15, -0.1) is 0 Å². The molecular formula is C15H18ClN3O2S. The van der Waals surface area contributed by atoms with Crippen molar-refractivity contribution in [3.05, 3.63) is 47.6 Å². The summed E-state index contributed by atoms with van der Waals surface area (Å²) in [6.07, 6.45) is 3.64. The molecule has 0 aliphatic rings. The van der Waals surface area contributed by atoms with Gasteiger partial charge in [0.15, 0.2) is 0 Å². The fraction of sp³-hybridized carbons (Fsp3) is 0.267. The van der Waals surface area contributed by atoms with Gasteiger partial charge in [0.05, 0.1) is 16.8 Å². The zero-order valence-corrected chi connectivity index (χ0v) is 13.8. The van der Waals surface area contributed by atoms with E-state index in [4.69, 9.17) is 11.6 Å². The first kappa shape index (κ1) is 16.6. The van der Waals surface area contributed by atoms with E-state index >= 15 is 0 Å². The predicted molar refractivity (Wildman–Crippen MR) is 89.9 cm³/mol. The summed E-state index contributed by atoms with van der Waals surface area (Å²) < 4.78 is 27.0. The van der Waals surface area contributed by atoms with Crippen LogP contribution in [0.15, 0.2) is 47.5 Å². The molecule has 0 bridgehead atoms. The highest BCUT2D eigenvalue weighted by Gasteiger charge is 2.14. The van der Waals surface area contributed by atoms with Gasteiger partial charge in [0, 0.05) is 11.6 Å². The summed E-state index contributed by atoms with van der Waals surface area (Å²) >= 11 is 5.82. The molecule has 0 saturated carbocycles. The van der Waals surface area contributed by atoms with Crippen molar-refractivity contribution in [1.82, 2.24) is 4.98 Å². The van der Waals surface area contributed by atoms with Crippen molar-refractivity contribution in [2.75, 3.05) is 16.6 Å². The lowest BCUT2D eigenvalue weighted by molar-refractivity contribution is 0.601. The Kier molecular flexibility index (Phi) is 5.63. The molecule has 0 aliphatic carbocycles. The van der Waals surface area contributed by atoms with Crippen molar-refractivity contribution in [3.8, 4) is 0 Å². The molecule has 0 atom stereocenters. The van der Waals surface area contributed by atoms with Crippen molar-refractivity contribution < 1.29 is 8.42 Å². The lowest BCUT2D eigenvalue weighted by atomic mass is 10.3. The van der Waals surface area contributed by atoms with Crippen LogP contribution in [-0.4, -0.2) is 19.9 Å². The first-order valence-electron chi connectivity index (χ1n) is 6.99. The lowest BCUT2D eigenvalue weighted by Gasteiger charge is -2.09. The standard InChI is InChI=1S/C15H18ClN3O2S/c1-2-3-9-17-15-8-7-13(11-18-15)19-22(20,21)14-6-4-5-12(16)10-14/h4-8,10-11,19H,2-3,9H2,1H3,(H,17,18). The number of hydrogen-bond donors (Lipinski definition) is 2. The molecule has 0 spiro atoms. The molecule has 7 heteroatoms. The molecular weight excluding hydrogens is 322 g/mol. The SMILES string of the molecule is CCCCNc1ccc(NS(=O)(=O)c2cccc(Cl)c2)cn1. The number of halogens is 1. The number of rotatable bonds is 7. The van der Waals surface area contributed by atoms with Crippen molar-refractivity contribution in [1.29, 1.82) is 0 Å². The number of nitrogens with one attached hydrogen (secondary N) is 2. The maximum absolute atomic E-state index is 12.2. The molecule has 0 unspecified atom stereocenters. The molecule has 0 radical (unpaired) electrons. The second-order valence-corrected chi connectivity index (χ2v) is 6.89. The van der Waals surface area contributed by atoms with Crippen molar-refractivity contribution in [2.45, 2.75) is 24.7 Å². The average molecular weight is 340 g/mol. The number of unbranched alkanes of at least 4 members (excludes halogenated alkanes) is 1. The van der Waals surface area contributed by atoms with E-state index in [-0.39, 0.29) is 4.90 Å². The minimum Gasteiger partial charge on any atom is -0.370 e. The number of pyridine rings is 1. The second-order valence-electron chi connectivity index (χ2n) is 4.78. The molecule has 1 heterocycles. The van der Waals surface area contributed by atoms with Crippen LogP contribution < -0.4 is 10.0 Å². The highest BCUT2D eigenvalue weighted by Crippen LogP contribution is 2.19. The summed E-state index contributed by atoms with van der Waals surface area (Å²) in [5, 5.41) is 3.54. The zero-order chi connectivity index (χ0) is 16.0. The average Bonchev–Trinajstić information content (AvgIpc) is 2.49. The van der Waals surface area contributed by atoms with Gasteiger partial charge in [-0.25, -0.2) is 13.4 Å².